The fourth-order valence-electron chi connectivity index (χ4n) is 2.39. The number of benzene rings is 2. The Hall–Kier alpha value is -2.58. The number of oxazole rings is 1. The number of halogens is 3. The Labute approximate surface area is 163 Å². The molecule has 0 saturated heterocycles. The van der Waals surface area contributed by atoms with Gasteiger partial charge in [0.05, 0.1) is 10.6 Å². The lowest BCUT2D eigenvalue weighted by molar-refractivity contribution is -0.119. The van der Waals surface area contributed by atoms with Crippen molar-refractivity contribution in [2.75, 3.05) is 5.32 Å². The van der Waals surface area contributed by atoms with E-state index in [-0.39, 0.29) is 27.5 Å². The van der Waals surface area contributed by atoms with Crippen LogP contribution >= 0.6 is 23.8 Å². The molecular formula is C18H14ClF2N3O2S. The molecular weight excluding hydrogens is 396 g/mol. The third-order valence-corrected chi connectivity index (χ3v) is 4.13. The average Bonchev–Trinajstić information content (AvgIpc) is 3.01. The number of anilines is 1. The van der Waals surface area contributed by atoms with Crippen molar-refractivity contribution in [1.29, 1.82) is 0 Å². The minimum Gasteiger partial charge on any atom is -0.436 e. The van der Waals surface area contributed by atoms with Gasteiger partial charge >= 0.3 is 0 Å². The Morgan fingerprint density at radius 1 is 1.26 bits per heavy atom. The number of aromatic nitrogens is 1. The van der Waals surface area contributed by atoms with Crippen molar-refractivity contribution in [3.8, 4) is 11.5 Å². The van der Waals surface area contributed by atoms with Gasteiger partial charge in [-0.25, -0.2) is 13.8 Å². The van der Waals surface area contributed by atoms with Crippen LogP contribution in [0.4, 0.5) is 14.5 Å². The number of carbonyl (C=O) groups excluding carboxylic acids is 1. The second-order valence-corrected chi connectivity index (χ2v) is 6.52. The predicted molar refractivity (Wildman–Crippen MR) is 104 cm³/mol. The molecule has 140 valence electrons. The Bertz CT molecular complexity index is 1040. The van der Waals surface area contributed by atoms with E-state index in [0.29, 0.717) is 29.6 Å². The molecule has 27 heavy (non-hydrogen) atoms. The van der Waals surface area contributed by atoms with Crippen molar-refractivity contribution in [1.82, 2.24) is 10.3 Å². The summed E-state index contributed by atoms with van der Waals surface area (Å²) >= 11 is 11.1. The summed E-state index contributed by atoms with van der Waals surface area (Å²) in [5.41, 5.74) is 1.61. The molecule has 3 rings (SSSR count). The zero-order chi connectivity index (χ0) is 19.6. The number of amides is 1. The topological polar surface area (TPSA) is 67.2 Å². The number of thiocarbonyl (C=S) groups is 1. The fraction of sp³-hybridized carbons (Fsp3) is 0.167. The Morgan fingerprint density at radius 3 is 2.74 bits per heavy atom. The first-order chi connectivity index (χ1) is 12.9. The summed E-state index contributed by atoms with van der Waals surface area (Å²) in [6.07, 6.45) is 1.09. The molecule has 1 aromatic heterocycles. The van der Waals surface area contributed by atoms with Crippen LogP contribution in [0.3, 0.4) is 0 Å². The van der Waals surface area contributed by atoms with Crippen molar-refractivity contribution in [3.63, 3.8) is 0 Å². The normalized spacial score (nSPS) is 10.8. The van der Waals surface area contributed by atoms with Gasteiger partial charge < -0.3 is 15.1 Å². The fourth-order valence-corrected chi connectivity index (χ4v) is 2.85. The van der Waals surface area contributed by atoms with Crippen LogP contribution in [0.5, 0.6) is 0 Å². The summed E-state index contributed by atoms with van der Waals surface area (Å²) in [6, 6.07) is 6.76. The van der Waals surface area contributed by atoms with E-state index >= 15 is 0 Å². The first kappa shape index (κ1) is 19.2. The van der Waals surface area contributed by atoms with Crippen molar-refractivity contribution < 1.29 is 18.0 Å². The molecule has 3 aromatic rings. The number of rotatable bonds is 4. The van der Waals surface area contributed by atoms with E-state index in [1.165, 1.54) is 0 Å². The summed E-state index contributed by atoms with van der Waals surface area (Å²) in [6.45, 7) is 1.89. The third-order valence-electron chi connectivity index (χ3n) is 3.62. The molecule has 0 aliphatic rings. The minimum absolute atomic E-state index is 0.0152. The summed E-state index contributed by atoms with van der Waals surface area (Å²) in [5.74, 6) is -2.21. The molecule has 0 radical (unpaired) electrons. The van der Waals surface area contributed by atoms with Crippen LogP contribution in [-0.2, 0) is 4.79 Å². The number of nitrogens with zero attached hydrogens (tertiary/aromatic N) is 1. The molecule has 1 amide bonds. The molecule has 2 N–H and O–H groups in total. The molecule has 5 nitrogen and oxygen atoms in total. The molecule has 0 spiro atoms. The lowest BCUT2D eigenvalue weighted by Gasteiger charge is -2.08. The van der Waals surface area contributed by atoms with Crippen LogP contribution in [0, 0.1) is 11.6 Å². The predicted octanol–water partition coefficient (Wildman–Crippen LogP) is 5.04. The Kier molecular flexibility index (Phi) is 5.67. The lowest BCUT2D eigenvalue weighted by Crippen LogP contribution is -2.33. The van der Waals surface area contributed by atoms with Gasteiger partial charge in [0, 0.05) is 12.1 Å². The number of hydrogen-bond acceptors (Lipinski definition) is 4. The first-order valence-electron chi connectivity index (χ1n) is 8.03. The quantitative estimate of drug-likeness (QED) is 0.466. The molecule has 0 unspecified atom stereocenters. The molecule has 1 heterocycles. The van der Waals surface area contributed by atoms with Gasteiger partial charge in [0.1, 0.15) is 5.52 Å². The highest BCUT2D eigenvalue weighted by Gasteiger charge is 2.16. The third kappa shape index (κ3) is 4.40. The van der Waals surface area contributed by atoms with E-state index in [0.717, 1.165) is 12.1 Å². The van der Waals surface area contributed by atoms with Gasteiger partial charge in [0.25, 0.3) is 0 Å². The Morgan fingerprint density at radius 2 is 2.00 bits per heavy atom. The number of carbonyl (C=O) groups is 1. The summed E-state index contributed by atoms with van der Waals surface area (Å²) in [5, 5.41) is 5.60. The maximum Gasteiger partial charge on any atom is 0.228 e. The van der Waals surface area contributed by atoms with Crippen molar-refractivity contribution >= 4 is 51.6 Å². The number of nitrogens with one attached hydrogen (secondary N) is 2. The Balaban J connectivity index is 1.84. The zero-order valence-electron chi connectivity index (χ0n) is 14.1. The van der Waals surface area contributed by atoms with Gasteiger partial charge in [-0.1, -0.05) is 18.5 Å². The lowest BCUT2D eigenvalue weighted by atomic mass is 10.2. The smallest absolute Gasteiger partial charge is 0.228 e. The van der Waals surface area contributed by atoms with Crippen LogP contribution in [0.1, 0.15) is 19.8 Å². The summed E-state index contributed by atoms with van der Waals surface area (Å²) in [4.78, 5) is 15.8. The van der Waals surface area contributed by atoms with Crippen LogP contribution in [0.25, 0.3) is 22.6 Å². The highest BCUT2D eigenvalue weighted by molar-refractivity contribution is 7.80. The molecule has 9 heteroatoms. The van der Waals surface area contributed by atoms with Crippen LogP contribution in [0.15, 0.2) is 34.7 Å². The molecule has 0 saturated carbocycles. The highest BCUT2D eigenvalue weighted by Crippen LogP contribution is 2.32. The monoisotopic (exact) mass is 409 g/mol. The summed E-state index contributed by atoms with van der Waals surface area (Å²) in [7, 11) is 0. The first-order valence-corrected chi connectivity index (χ1v) is 8.82. The van der Waals surface area contributed by atoms with Gasteiger partial charge in [0.15, 0.2) is 22.3 Å². The van der Waals surface area contributed by atoms with Crippen LogP contribution in [-0.4, -0.2) is 16.0 Å². The van der Waals surface area contributed by atoms with Crippen LogP contribution in [0.2, 0.25) is 5.02 Å². The van der Waals surface area contributed by atoms with E-state index in [1.807, 2.05) is 6.92 Å². The second kappa shape index (κ2) is 7.98. The SMILES string of the molecule is CCCC(=O)NC(=S)Nc1ccc2oc(-c3cc(F)c(F)cc3Cl)nc2c1. The van der Waals surface area contributed by atoms with Gasteiger partial charge in [0.2, 0.25) is 11.8 Å². The highest BCUT2D eigenvalue weighted by atomic mass is 35.5. The van der Waals surface area contributed by atoms with Gasteiger partial charge in [-0.2, -0.15) is 0 Å². The molecule has 0 aliphatic heterocycles. The van der Waals surface area contributed by atoms with E-state index in [4.69, 9.17) is 28.2 Å². The van der Waals surface area contributed by atoms with Crippen molar-refractivity contribution in [3.05, 3.63) is 47.0 Å². The van der Waals surface area contributed by atoms with Gasteiger partial charge in [-0.3, -0.25) is 4.79 Å². The zero-order valence-corrected chi connectivity index (χ0v) is 15.7. The van der Waals surface area contributed by atoms with E-state index in [1.54, 1.807) is 18.2 Å². The van der Waals surface area contributed by atoms with E-state index in [2.05, 4.69) is 15.6 Å². The second-order valence-electron chi connectivity index (χ2n) is 5.70. The average molecular weight is 410 g/mol. The standard InChI is InChI=1S/C18H14ClF2N3O2S/c1-2-3-16(25)24-18(27)22-9-4-5-15-14(6-9)23-17(26-15)10-7-12(20)13(21)8-11(10)19/h4-8H,2-3H2,1H3,(H2,22,24,25,27). The maximum atomic E-state index is 13.5. The van der Waals surface area contributed by atoms with Gasteiger partial charge in [-0.05, 0) is 49.0 Å². The number of fused-ring (bicyclic) bond motifs is 1. The summed E-state index contributed by atoms with van der Waals surface area (Å²) < 4.78 is 32.3. The minimum atomic E-state index is -1.05. The number of hydrogen-bond donors (Lipinski definition) is 2. The van der Waals surface area contributed by atoms with Crippen molar-refractivity contribution in [2.24, 2.45) is 0 Å². The molecule has 0 atom stereocenters. The van der Waals surface area contributed by atoms with Crippen LogP contribution < -0.4 is 10.6 Å². The van der Waals surface area contributed by atoms with E-state index in [9.17, 15) is 13.6 Å². The molecule has 2 aromatic carbocycles. The molecule has 0 bridgehead atoms. The van der Waals surface area contributed by atoms with Gasteiger partial charge in [-0.15, -0.1) is 0 Å². The molecule has 0 aliphatic carbocycles. The maximum absolute atomic E-state index is 13.5. The van der Waals surface area contributed by atoms with Crippen molar-refractivity contribution in [2.45, 2.75) is 19.8 Å². The molecule has 0 fully saturated rings. The largest absolute Gasteiger partial charge is 0.436 e. The van der Waals surface area contributed by atoms with E-state index < -0.39 is 11.6 Å².